The number of hydrogen-bond acceptors (Lipinski definition) is 6. The molecule has 32 heavy (non-hydrogen) atoms. The zero-order chi connectivity index (χ0) is 22.3. The predicted octanol–water partition coefficient (Wildman–Crippen LogP) is 3.85. The van der Waals surface area contributed by atoms with Crippen LogP contribution in [0.2, 0.25) is 0 Å². The third kappa shape index (κ3) is 4.84. The number of H-pyrrole nitrogens is 1. The van der Waals surface area contributed by atoms with Crippen molar-refractivity contribution in [3.8, 4) is 28.1 Å². The van der Waals surface area contributed by atoms with E-state index in [0.717, 1.165) is 22.2 Å². The van der Waals surface area contributed by atoms with Crippen molar-refractivity contribution in [1.29, 1.82) is 0 Å². The number of aromatic nitrogens is 4. The fourth-order valence-electron chi connectivity index (χ4n) is 3.28. The lowest BCUT2D eigenvalue weighted by atomic mass is 10.0. The summed E-state index contributed by atoms with van der Waals surface area (Å²) in [4.78, 5) is 28.5. The van der Waals surface area contributed by atoms with Gasteiger partial charge in [0.15, 0.2) is 0 Å². The summed E-state index contributed by atoms with van der Waals surface area (Å²) in [5.41, 5.74) is 4.87. The van der Waals surface area contributed by atoms with Crippen molar-refractivity contribution in [2.75, 3.05) is 32.2 Å². The zero-order valence-corrected chi connectivity index (χ0v) is 17.9. The number of anilines is 1. The second kappa shape index (κ2) is 9.88. The maximum absolute atomic E-state index is 12.0. The smallest absolute Gasteiger partial charge is 0.321 e. The maximum atomic E-state index is 12.0. The van der Waals surface area contributed by atoms with E-state index in [0.29, 0.717) is 42.7 Å². The van der Waals surface area contributed by atoms with E-state index in [1.165, 1.54) is 0 Å². The lowest BCUT2D eigenvalue weighted by molar-refractivity contribution is 0.146. The molecule has 0 unspecified atom stereocenters. The Kier molecular flexibility index (Phi) is 6.57. The Morgan fingerprint density at radius 3 is 2.81 bits per heavy atom. The average Bonchev–Trinajstić information content (AvgIpc) is 3.21. The standard InChI is InChI=1S/C23H24N6O3/c1-3-25-23(30)29-22-27-20-12-16(15-5-4-7-24-14-15)11-18(21(20)28-22)19-13-17(6-8-26-19)32-10-9-31-2/h4-8,11-14H,3,9-10H2,1-2H3,(H3,25,27,28,29,30). The zero-order valence-electron chi connectivity index (χ0n) is 17.9. The van der Waals surface area contributed by atoms with Crippen molar-refractivity contribution < 1.29 is 14.3 Å². The second-order valence-electron chi connectivity index (χ2n) is 6.95. The van der Waals surface area contributed by atoms with Gasteiger partial charge in [0.25, 0.3) is 0 Å². The highest BCUT2D eigenvalue weighted by Gasteiger charge is 2.15. The number of imidazole rings is 1. The van der Waals surface area contributed by atoms with Crippen LogP contribution in [-0.2, 0) is 4.74 Å². The van der Waals surface area contributed by atoms with Gasteiger partial charge in [-0.25, -0.2) is 9.78 Å². The second-order valence-corrected chi connectivity index (χ2v) is 6.95. The summed E-state index contributed by atoms with van der Waals surface area (Å²) in [6, 6.07) is 11.2. The van der Waals surface area contributed by atoms with Crippen LogP contribution >= 0.6 is 0 Å². The number of fused-ring (bicyclic) bond motifs is 1. The molecular weight excluding hydrogens is 408 g/mol. The number of aromatic amines is 1. The minimum Gasteiger partial charge on any atom is -0.491 e. The van der Waals surface area contributed by atoms with Crippen LogP contribution in [0.25, 0.3) is 33.4 Å². The summed E-state index contributed by atoms with van der Waals surface area (Å²) >= 11 is 0. The number of rotatable bonds is 8. The molecule has 4 aromatic rings. The van der Waals surface area contributed by atoms with Gasteiger partial charge in [-0.2, -0.15) is 0 Å². The molecule has 3 heterocycles. The number of nitrogens with zero attached hydrogens (tertiary/aromatic N) is 3. The summed E-state index contributed by atoms with van der Waals surface area (Å²) in [5.74, 6) is 1.04. The van der Waals surface area contributed by atoms with Gasteiger partial charge >= 0.3 is 6.03 Å². The number of amides is 2. The molecule has 3 N–H and O–H groups in total. The Balaban J connectivity index is 1.79. The molecule has 0 spiro atoms. The molecule has 0 saturated heterocycles. The normalized spacial score (nSPS) is 10.8. The third-order valence-corrected chi connectivity index (χ3v) is 4.72. The first-order valence-corrected chi connectivity index (χ1v) is 10.2. The summed E-state index contributed by atoms with van der Waals surface area (Å²) in [6.45, 7) is 3.30. The number of carbonyl (C=O) groups excluding carboxylic acids is 1. The van der Waals surface area contributed by atoms with Gasteiger partial charge in [0.2, 0.25) is 5.95 Å². The number of nitrogens with one attached hydrogen (secondary N) is 3. The number of methoxy groups -OCH3 is 1. The molecule has 0 radical (unpaired) electrons. The molecule has 0 aliphatic carbocycles. The monoisotopic (exact) mass is 432 g/mol. The van der Waals surface area contributed by atoms with Crippen molar-refractivity contribution in [3.63, 3.8) is 0 Å². The van der Waals surface area contributed by atoms with Crippen LogP contribution in [0.4, 0.5) is 10.7 Å². The first kappa shape index (κ1) is 21.3. The molecule has 3 aromatic heterocycles. The quantitative estimate of drug-likeness (QED) is 0.364. The van der Waals surface area contributed by atoms with E-state index in [2.05, 4.69) is 30.6 Å². The number of hydrogen-bond donors (Lipinski definition) is 3. The Morgan fingerprint density at radius 2 is 2.03 bits per heavy atom. The van der Waals surface area contributed by atoms with E-state index < -0.39 is 0 Å². The molecule has 1 aromatic carbocycles. The molecule has 9 heteroatoms. The van der Waals surface area contributed by atoms with Crippen LogP contribution in [0, 0.1) is 0 Å². The van der Waals surface area contributed by atoms with Crippen LogP contribution in [0.1, 0.15) is 6.92 Å². The summed E-state index contributed by atoms with van der Waals surface area (Å²) in [7, 11) is 1.63. The first-order chi connectivity index (χ1) is 15.7. The fourth-order valence-corrected chi connectivity index (χ4v) is 3.28. The Labute approximate surface area is 185 Å². The van der Waals surface area contributed by atoms with E-state index in [-0.39, 0.29) is 6.03 Å². The van der Waals surface area contributed by atoms with Gasteiger partial charge in [0.05, 0.1) is 23.3 Å². The minimum atomic E-state index is -0.327. The highest BCUT2D eigenvalue weighted by molar-refractivity contribution is 5.98. The van der Waals surface area contributed by atoms with Crippen LogP contribution in [0.3, 0.4) is 0 Å². The molecule has 0 saturated carbocycles. The van der Waals surface area contributed by atoms with Gasteiger partial charge in [-0.15, -0.1) is 0 Å². The van der Waals surface area contributed by atoms with E-state index in [4.69, 9.17) is 9.47 Å². The number of benzene rings is 1. The Morgan fingerprint density at radius 1 is 1.12 bits per heavy atom. The van der Waals surface area contributed by atoms with Crippen LogP contribution in [0.5, 0.6) is 5.75 Å². The highest BCUT2D eigenvalue weighted by atomic mass is 16.5. The van der Waals surface area contributed by atoms with Crippen molar-refractivity contribution in [2.24, 2.45) is 0 Å². The summed E-state index contributed by atoms with van der Waals surface area (Å²) in [5, 5.41) is 5.42. The number of pyridine rings is 2. The van der Waals surface area contributed by atoms with Crippen molar-refractivity contribution in [1.82, 2.24) is 25.3 Å². The molecule has 2 amide bonds. The topological polar surface area (TPSA) is 114 Å². The largest absolute Gasteiger partial charge is 0.491 e. The minimum absolute atomic E-state index is 0.327. The highest BCUT2D eigenvalue weighted by Crippen LogP contribution is 2.34. The van der Waals surface area contributed by atoms with E-state index in [1.54, 1.807) is 31.8 Å². The predicted molar refractivity (Wildman–Crippen MR) is 123 cm³/mol. The van der Waals surface area contributed by atoms with Gasteiger partial charge in [0.1, 0.15) is 12.4 Å². The molecule has 9 nitrogen and oxygen atoms in total. The van der Waals surface area contributed by atoms with Gasteiger partial charge in [-0.05, 0) is 36.8 Å². The molecule has 0 fully saturated rings. The lowest BCUT2D eigenvalue weighted by Crippen LogP contribution is -2.28. The molecule has 0 atom stereocenters. The van der Waals surface area contributed by atoms with Gasteiger partial charge in [-0.3, -0.25) is 15.3 Å². The van der Waals surface area contributed by atoms with Crippen molar-refractivity contribution >= 4 is 23.0 Å². The first-order valence-electron chi connectivity index (χ1n) is 10.2. The third-order valence-electron chi connectivity index (χ3n) is 4.72. The SMILES string of the molecule is CCNC(=O)Nc1nc2cc(-c3cccnc3)cc(-c3cc(OCCOC)ccn3)c2[nH]1. The Bertz CT molecular complexity index is 1210. The van der Waals surface area contributed by atoms with E-state index in [9.17, 15) is 4.79 Å². The average molecular weight is 432 g/mol. The molecule has 0 aliphatic rings. The summed E-state index contributed by atoms with van der Waals surface area (Å²) in [6.07, 6.45) is 5.22. The van der Waals surface area contributed by atoms with Gasteiger partial charge < -0.3 is 19.8 Å². The molecule has 0 aliphatic heterocycles. The molecule has 0 bridgehead atoms. The summed E-state index contributed by atoms with van der Waals surface area (Å²) < 4.78 is 10.8. The van der Waals surface area contributed by atoms with Crippen LogP contribution in [-0.4, -0.2) is 52.8 Å². The lowest BCUT2D eigenvalue weighted by Gasteiger charge is -2.09. The number of carbonyl (C=O) groups is 1. The Hall–Kier alpha value is -3.98. The van der Waals surface area contributed by atoms with Gasteiger partial charge in [0, 0.05) is 49.4 Å². The van der Waals surface area contributed by atoms with Gasteiger partial charge in [-0.1, -0.05) is 6.07 Å². The van der Waals surface area contributed by atoms with Crippen molar-refractivity contribution in [3.05, 3.63) is 55.0 Å². The number of ether oxygens (including phenoxy) is 2. The maximum Gasteiger partial charge on any atom is 0.321 e. The van der Waals surface area contributed by atoms with Crippen molar-refractivity contribution in [2.45, 2.75) is 6.92 Å². The van der Waals surface area contributed by atoms with Crippen LogP contribution in [0.15, 0.2) is 55.0 Å². The molecule has 4 rings (SSSR count). The number of urea groups is 1. The van der Waals surface area contributed by atoms with E-state index in [1.807, 2.05) is 37.3 Å². The molecular formula is C23H24N6O3. The van der Waals surface area contributed by atoms with E-state index >= 15 is 0 Å². The fraction of sp³-hybridized carbons (Fsp3) is 0.217. The van der Waals surface area contributed by atoms with Crippen LogP contribution < -0.4 is 15.4 Å². The molecule has 164 valence electrons.